The van der Waals surface area contributed by atoms with Crippen molar-refractivity contribution in [1.82, 2.24) is 5.32 Å². The van der Waals surface area contributed by atoms with Gasteiger partial charge in [0.1, 0.15) is 0 Å². The number of nitrogens with one attached hydrogen (secondary N) is 1. The number of hydrogen-bond donors (Lipinski definition) is 1. The van der Waals surface area contributed by atoms with Crippen molar-refractivity contribution in [3.8, 4) is 0 Å². The van der Waals surface area contributed by atoms with Crippen molar-refractivity contribution in [3.63, 3.8) is 0 Å². The molecule has 0 saturated heterocycles. The zero-order chi connectivity index (χ0) is 11.3. The number of hydrogen-bond acceptors (Lipinski definition) is 1. The van der Waals surface area contributed by atoms with E-state index in [-0.39, 0.29) is 0 Å². The fourth-order valence-electron chi connectivity index (χ4n) is 1.26. The quantitative estimate of drug-likeness (QED) is 0.843. The van der Waals surface area contributed by atoms with Crippen LogP contribution in [0.5, 0.6) is 0 Å². The highest BCUT2D eigenvalue weighted by molar-refractivity contribution is 6.42. The Bertz CT molecular complexity index is 359. The Morgan fingerprint density at radius 2 is 2.07 bits per heavy atom. The highest BCUT2D eigenvalue weighted by atomic mass is 35.5. The third-order valence-corrected chi connectivity index (χ3v) is 2.75. The Hall–Kier alpha value is -0.500. The molecule has 0 bridgehead atoms. The minimum Gasteiger partial charge on any atom is -0.313 e. The molecule has 15 heavy (non-hydrogen) atoms. The van der Waals surface area contributed by atoms with Crippen LogP contribution in [-0.4, -0.2) is 13.1 Å². The van der Waals surface area contributed by atoms with Gasteiger partial charge in [-0.15, -0.1) is 0 Å². The largest absolute Gasteiger partial charge is 0.313 e. The van der Waals surface area contributed by atoms with E-state index < -0.39 is 0 Å². The summed E-state index contributed by atoms with van der Waals surface area (Å²) in [6.07, 6.45) is 2.10. The summed E-state index contributed by atoms with van der Waals surface area (Å²) in [6.45, 7) is 6.06. The van der Waals surface area contributed by atoms with Crippen LogP contribution in [-0.2, 0) is 0 Å². The summed E-state index contributed by atoms with van der Waals surface area (Å²) in [5.41, 5.74) is 2.36. The lowest BCUT2D eigenvalue weighted by Gasteiger charge is -2.03. The molecule has 0 atom stereocenters. The van der Waals surface area contributed by atoms with E-state index in [0.717, 1.165) is 18.7 Å². The van der Waals surface area contributed by atoms with Gasteiger partial charge in [0.15, 0.2) is 0 Å². The van der Waals surface area contributed by atoms with Gasteiger partial charge in [-0.25, -0.2) is 0 Å². The summed E-state index contributed by atoms with van der Waals surface area (Å²) in [6, 6.07) is 5.65. The fourth-order valence-corrected chi connectivity index (χ4v) is 1.57. The molecule has 0 aromatic heterocycles. The van der Waals surface area contributed by atoms with Gasteiger partial charge < -0.3 is 5.32 Å². The lowest BCUT2D eigenvalue weighted by Crippen LogP contribution is -2.14. The third kappa shape index (κ3) is 4.25. The van der Waals surface area contributed by atoms with Crippen LogP contribution < -0.4 is 5.32 Å². The molecule has 1 N–H and O–H groups in total. The smallest absolute Gasteiger partial charge is 0.0598 e. The Balaban J connectivity index is 2.75. The molecule has 3 heteroatoms. The number of likely N-dealkylation sites (N-methyl/N-ethyl adjacent to an activating group) is 1. The van der Waals surface area contributed by atoms with Crippen LogP contribution in [0.1, 0.15) is 19.4 Å². The SMILES string of the molecule is CCNCC(C)=Cc1ccc(Cl)c(Cl)c1. The van der Waals surface area contributed by atoms with Crippen molar-refractivity contribution < 1.29 is 0 Å². The second-order valence-corrected chi connectivity index (χ2v) is 4.26. The van der Waals surface area contributed by atoms with E-state index in [1.165, 1.54) is 5.57 Å². The molecule has 0 aliphatic heterocycles. The van der Waals surface area contributed by atoms with Gasteiger partial charge >= 0.3 is 0 Å². The molecule has 1 nitrogen and oxygen atoms in total. The summed E-state index contributed by atoms with van der Waals surface area (Å²) < 4.78 is 0. The van der Waals surface area contributed by atoms with Gasteiger partial charge in [-0.05, 0) is 31.2 Å². The Kier molecular flexibility index (Phi) is 5.16. The summed E-state index contributed by atoms with van der Waals surface area (Å²) in [4.78, 5) is 0. The first-order chi connectivity index (χ1) is 7.13. The van der Waals surface area contributed by atoms with Crippen molar-refractivity contribution in [2.24, 2.45) is 0 Å². The second kappa shape index (κ2) is 6.16. The number of rotatable bonds is 4. The van der Waals surface area contributed by atoms with E-state index in [0.29, 0.717) is 10.0 Å². The molecule has 0 amide bonds. The predicted molar refractivity (Wildman–Crippen MR) is 68.7 cm³/mol. The molecule has 1 aromatic carbocycles. The van der Waals surface area contributed by atoms with Gasteiger partial charge in [-0.1, -0.05) is 47.8 Å². The van der Waals surface area contributed by atoms with Gasteiger partial charge in [0.2, 0.25) is 0 Å². The first-order valence-corrected chi connectivity index (χ1v) is 5.72. The van der Waals surface area contributed by atoms with Gasteiger partial charge in [-0.2, -0.15) is 0 Å². The topological polar surface area (TPSA) is 12.0 Å². The first kappa shape index (κ1) is 12.6. The van der Waals surface area contributed by atoms with Crippen LogP contribution in [0.2, 0.25) is 10.0 Å². The zero-order valence-corrected chi connectivity index (χ0v) is 10.5. The molecule has 0 unspecified atom stereocenters. The normalized spacial score (nSPS) is 11.9. The Morgan fingerprint density at radius 3 is 2.67 bits per heavy atom. The van der Waals surface area contributed by atoms with Gasteiger partial charge in [-0.3, -0.25) is 0 Å². The number of benzene rings is 1. The maximum Gasteiger partial charge on any atom is 0.0598 e. The first-order valence-electron chi connectivity index (χ1n) is 4.96. The van der Waals surface area contributed by atoms with Crippen LogP contribution >= 0.6 is 23.2 Å². The molecular formula is C12H15Cl2N. The van der Waals surface area contributed by atoms with Crippen molar-refractivity contribution >= 4 is 29.3 Å². The molecule has 0 aliphatic carbocycles. The van der Waals surface area contributed by atoms with Crippen molar-refractivity contribution in [1.29, 1.82) is 0 Å². The van der Waals surface area contributed by atoms with E-state index in [4.69, 9.17) is 23.2 Å². The Labute approximate surface area is 101 Å². The molecule has 0 radical (unpaired) electrons. The average Bonchev–Trinajstić information content (AvgIpc) is 2.20. The van der Waals surface area contributed by atoms with Crippen molar-refractivity contribution in [2.45, 2.75) is 13.8 Å². The van der Waals surface area contributed by atoms with Gasteiger partial charge in [0.05, 0.1) is 10.0 Å². The maximum atomic E-state index is 5.92. The average molecular weight is 244 g/mol. The molecule has 0 saturated carbocycles. The highest BCUT2D eigenvalue weighted by Gasteiger charge is 1.97. The highest BCUT2D eigenvalue weighted by Crippen LogP contribution is 2.23. The molecule has 1 aromatic rings. The summed E-state index contributed by atoms with van der Waals surface area (Å²) in [7, 11) is 0. The van der Waals surface area contributed by atoms with Crippen LogP contribution in [0, 0.1) is 0 Å². The standard InChI is InChI=1S/C12H15Cl2N/c1-3-15-8-9(2)6-10-4-5-11(13)12(14)7-10/h4-7,15H,3,8H2,1-2H3. The summed E-state index contributed by atoms with van der Waals surface area (Å²) >= 11 is 11.8. The lowest BCUT2D eigenvalue weighted by molar-refractivity contribution is 0.778. The zero-order valence-electron chi connectivity index (χ0n) is 8.98. The van der Waals surface area contributed by atoms with E-state index in [1.54, 1.807) is 0 Å². The van der Waals surface area contributed by atoms with Crippen LogP contribution in [0.15, 0.2) is 23.8 Å². The Morgan fingerprint density at radius 1 is 1.33 bits per heavy atom. The molecule has 1 rings (SSSR count). The minimum absolute atomic E-state index is 0.596. The predicted octanol–water partition coefficient (Wildman–Crippen LogP) is 4.01. The van der Waals surface area contributed by atoms with Crippen molar-refractivity contribution in [2.75, 3.05) is 13.1 Å². The summed E-state index contributed by atoms with van der Waals surface area (Å²) in [5.74, 6) is 0. The van der Waals surface area contributed by atoms with E-state index in [1.807, 2.05) is 18.2 Å². The minimum atomic E-state index is 0.596. The van der Waals surface area contributed by atoms with Gasteiger partial charge in [0, 0.05) is 6.54 Å². The molecule has 0 fully saturated rings. The van der Waals surface area contributed by atoms with Crippen LogP contribution in [0.4, 0.5) is 0 Å². The number of halogens is 2. The molecule has 82 valence electrons. The monoisotopic (exact) mass is 243 g/mol. The van der Waals surface area contributed by atoms with E-state index in [9.17, 15) is 0 Å². The van der Waals surface area contributed by atoms with Crippen LogP contribution in [0.25, 0.3) is 6.08 Å². The molecule has 0 heterocycles. The van der Waals surface area contributed by atoms with Gasteiger partial charge in [0.25, 0.3) is 0 Å². The fraction of sp³-hybridized carbons (Fsp3) is 0.333. The van der Waals surface area contributed by atoms with Crippen LogP contribution in [0.3, 0.4) is 0 Å². The van der Waals surface area contributed by atoms with Crippen molar-refractivity contribution in [3.05, 3.63) is 39.4 Å². The van der Waals surface area contributed by atoms with E-state index >= 15 is 0 Å². The molecular weight excluding hydrogens is 229 g/mol. The summed E-state index contributed by atoms with van der Waals surface area (Å²) in [5, 5.41) is 4.46. The van der Waals surface area contributed by atoms with E-state index in [2.05, 4.69) is 25.2 Å². The molecule has 0 spiro atoms. The lowest BCUT2D eigenvalue weighted by atomic mass is 10.1. The maximum absolute atomic E-state index is 5.92. The molecule has 0 aliphatic rings. The second-order valence-electron chi connectivity index (χ2n) is 3.44. The third-order valence-electron chi connectivity index (χ3n) is 2.01.